The molecule has 1 aliphatic heterocycles. The van der Waals surface area contributed by atoms with Crippen LogP contribution in [-0.2, 0) is 11.2 Å². The van der Waals surface area contributed by atoms with E-state index in [1.165, 1.54) is 5.56 Å². The zero-order valence-corrected chi connectivity index (χ0v) is 16.9. The Bertz CT molecular complexity index is 944. The molecule has 1 aliphatic rings. The number of nitrogens with one attached hydrogen (secondary N) is 3. The monoisotopic (exact) mass is 435 g/mol. The van der Waals surface area contributed by atoms with Gasteiger partial charge < -0.3 is 5.32 Å². The molecule has 5 heteroatoms. The Morgan fingerprint density at radius 3 is 2.43 bits per heavy atom. The first-order valence-electron chi connectivity index (χ1n) is 9.38. The Hall–Kier alpha value is -2.47. The minimum Gasteiger partial charge on any atom is -0.324 e. The molecule has 2 atom stereocenters. The minimum atomic E-state index is -0.279. The molecule has 4 rings (SSSR count). The van der Waals surface area contributed by atoms with Crippen LogP contribution in [0.1, 0.15) is 29.2 Å². The summed E-state index contributed by atoms with van der Waals surface area (Å²) >= 11 is 3.46. The van der Waals surface area contributed by atoms with Crippen LogP contribution in [0.5, 0.6) is 0 Å². The standard InChI is InChI=1S/C23H22BrN3O/c24-19-12-10-17(11-13-19)21-15-22(27-26-21)23(28)25-20-9-5-4-8-18(20)14-16-6-2-1-3-7-16/h1-13,21-22,26-27H,14-15H2,(H,25,28). The fourth-order valence-electron chi connectivity index (χ4n) is 3.47. The third-order valence-corrected chi connectivity index (χ3v) is 5.53. The topological polar surface area (TPSA) is 53.2 Å². The van der Waals surface area contributed by atoms with Crippen molar-refractivity contribution < 1.29 is 4.79 Å². The van der Waals surface area contributed by atoms with Crippen molar-refractivity contribution in [3.63, 3.8) is 0 Å². The SMILES string of the molecule is O=C(Nc1ccccc1Cc1ccccc1)C1CC(c2ccc(Br)cc2)NN1. The predicted molar refractivity (Wildman–Crippen MR) is 116 cm³/mol. The smallest absolute Gasteiger partial charge is 0.242 e. The van der Waals surface area contributed by atoms with Crippen LogP contribution in [0.15, 0.2) is 83.3 Å². The number of carbonyl (C=O) groups excluding carboxylic acids is 1. The fraction of sp³-hybridized carbons (Fsp3) is 0.174. The van der Waals surface area contributed by atoms with Gasteiger partial charge in [0.1, 0.15) is 6.04 Å². The van der Waals surface area contributed by atoms with Crippen LogP contribution in [0.3, 0.4) is 0 Å². The lowest BCUT2D eigenvalue weighted by molar-refractivity contribution is -0.117. The van der Waals surface area contributed by atoms with Crippen molar-refractivity contribution >= 4 is 27.5 Å². The molecule has 28 heavy (non-hydrogen) atoms. The molecule has 3 aromatic carbocycles. The highest BCUT2D eigenvalue weighted by Gasteiger charge is 2.30. The zero-order chi connectivity index (χ0) is 19.3. The first-order chi connectivity index (χ1) is 13.7. The summed E-state index contributed by atoms with van der Waals surface area (Å²) < 4.78 is 1.05. The number of anilines is 1. The molecule has 1 amide bonds. The number of rotatable bonds is 5. The van der Waals surface area contributed by atoms with Gasteiger partial charge >= 0.3 is 0 Å². The van der Waals surface area contributed by atoms with E-state index >= 15 is 0 Å². The molecule has 2 unspecified atom stereocenters. The maximum absolute atomic E-state index is 12.8. The second-order valence-electron chi connectivity index (χ2n) is 6.99. The van der Waals surface area contributed by atoms with E-state index in [1.807, 2.05) is 48.5 Å². The minimum absolute atomic E-state index is 0.0207. The largest absolute Gasteiger partial charge is 0.324 e. The summed E-state index contributed by atoms with van der Waals surface area (Å²) in [4.78, 5) is 12.8. The van der Waals surface area contributed by atoms with E-state index in [1.54, 1.807) is 0 Å². The van der Waals surface area contributed by atoms with Gasteiger partial charge in [0.2, 0.25) is 5.91 Å². The van der Waals surface area contributed by atoms with Gasteiger partial charge in [0, 0.05) is 16.2 Å². The Morgan fingerprint density at radius 2 is 1.64 bits per heavy atom. The molecule has 3 N–H and O–H groups in total. The van der Waals surface area contributed by atoms with Gasteiger partial charge in [0.25, 0.3) is 0 Å². The van der Waals surface area contributed by atoms with E-state index in [0.717, 1.165) is 27.7 Å². The second-order valence-corrected chi connectivity index (χ2v) is 7.91. The van der Waals surface area contributed by atoms with Crippen molar-refractivity contribution in [3.8, 4) is 0 Å². The highest BCUT2D eigenvalue weighted by molar-refractivity contribution is 9.10. The van der Waals surface area contributed by atoms with Gasteiger partial charge in [-0.05, 0) is 47.7 Å². The first kappa shape index (κ1) is 18.9. The summed E-state index contributed by atoms with van der Waals surface area (Å²) in [5.41, 5.74) is 10.7. The third-order valence-electron chi connectivity index (χ3n) is 5.00. The van der Waals surface area contributed by atoms with Gasteiger partial charge in [-0.1, -0.05) is 76.6 Å². The molecule has 3 aromatic rings. The number of hydrazine groups is 1. The predicted octanol–water partition coefficient (Wildman–Crippen LogP) is 4.59. The van der Waals surface area contributed by atoms with E-state index in [2.05, 4.69) is 62.4 Å². The average Bonchev–Trinajstić information content (AvgIpc) is 3.21. The second kappa shape index (κ2) is 8.69. The molecule has 0 radical (unpaired) electrons. The van der Waals surface area contributed by atoms with Crippen LogP contribution >= 0.6 is 15.9 Å². The first-order valence-corrected chi connectivity index (χ1v) is 10.2. The molecule has 0 aromatic heterocycles. The van der Waals surface area contributed by atoms with Crippen molar-refractivity contribution in [2.75, 3.05) is 5.32 Å². The summed E-state index contributed by atoms with van der Waals surface area (Å²) in [5.74, 6) is -0.0207. The highest BCUT2D eigenvalue weighted by atomic mass is 79.9. The van der Waals surface area contributed by atoms with E-state index in [9.17, 15) is 4.79 Å². The van der Waals surface area contributed by atoms with E-state index in [0.29, 0.717) is 6.42 Å². The van der Waals surface area contributed by atoms with E-state index in [4.69, 9.17) is 0 Å². The Kier molecular flexibility index (Phi) is 5.86. The molecule has 0 aliphatic carbocycles. The van der Waals surface area contributed by atoms with Crippen molar-refractivity contribution in [2.45, 2.75) is 24.9 Å². The molecule has 1 fully saturated rings. The van der Waals surface area contributed by atoms with Gasteiger partial charge in [-0.25, -0.2) is 10.9 Å². The lowest BCUT2D eigenvalue weighted by Crippen LogP contribution is -2.39. The van der Waals surface area contributed by atoms with Crippen LogP contribution in [0.2, 0.25) is 0 Å². The van der Waals surface area contributed by atoms with Gasteiger partial charge in [0.05, 0.1) is 0 Å². The summed E-state index contributed by atoms with van der Waals surface area (Å²) in [6, 6.07) is 26.3. The quantitative estimate of drug-likeness (QED) is 0.549. The van der Waals surface area contributed by atoms with Crippen molar-refractivity contribution in [1.29, 1.82) is 0 Å². The number of hydrogen-bond donors (Lipinski definition) is 3. The molecular formula is C23H22BrN3O. The maximum atomic E-state index is 12.8. The van der Waals surface area contributed by atoms with Gasteiger partial charge in [-0.15, -0.1) is 0 Å². The van der Waals surface area contributed by atoms with Crippen LogP contribution in [0.4, 0.5) is 5.69 Å². The Balaban J connectivity index is 1.42. The third kappa shape index (κ3) is 4.50. The summed E-state index contributed by atoms with van der Waals surface area (Å²) in [7, 11) is 0. The molecule has 0 spiro atoms. The lowest BCUT2D eigenvalue weighted by Gasteiger charge is -2.14. The maximum Gasteiger partial charge on any atom is 0.242 e. The summed E-state index contributed by atoms with van der Waals surface area (Å²) in [6.07, 6.45) is 1.49. The van der Waals surface area contributed by atoms with Crippen molar-refractivity contribution in [2.24, 2.45) is 0 Å². The Labute approximate surface area is 173 Å². The molecule has 0 saturated carbocycles. The molecule has 0 bridgehead atoms. The molecule has 1 saturated heterocycles. The van der Waals surface area contributed by atoms with E-state index in [-0.39, 0.29) is 18.0 Å². The molecule has 142 valence electrons. The fourth-order valence-corrected chi connectivity index (χ4v) is 3.74. The number of carbonyl (C=O) groups is 1. The molecule has 1 heterocycles. The molecule has 4 nitrogen and oxygen atoms in total. The number of amides is 1. The van der Waals surface area contributed by atoms with Crippen molar-refractivity contribution in [3.05, 3.63) is 100 Å². The molecular weight excluding hydrogens is 414 g/mol. The normalized spacial score (nSPS) is 18.8. The number of hydrogen-bond acceptors (Lipinski definition) is 3. The summed E-state index contributed by atoms with van der Waals surface area (Å²) in [6.45, 7) is 0. The van der Waals surface area contributed by atoms with Gasteiger partial charge in [0.15, 0.2) is 0 Å². The zero-order valence-electron chi connectivity index (χ0n) is 15.4. The van der Waals surface area contributed by atoms with Gasteiger partial charge in [-0.3, -0.25) is 4.79 Å². The highest BCUT2D eigenvalue weighted by Crippen LogP contribution is 2.25. The lowest BCUT2D eigenvalue weighted by atomic mass is 10.0. The van der Waals surface area contributed by atoms with E-state index < -0.39 is 0 Å². The van der Waals surface area contributed by atoms with Crippen LogP contribution in [0.25, 0.3) is 0 Å². The summed E-state index contributed by atoms with van der Waals surface area (Å²) in [5, 5.41) is 3.10. The van der Waals surface area contributed by atoms with Crippen molar-refractivity contribution in [1.82, 2.24) is 10.9 Å². The average molecular weight is 436 g/mol. The number of para-hydroxylation sites is 1. The van der Waals surface area contributed by atoms with Crippen LogP contribution in [-0.4, -0.2) is 11.9 Å². The van der Waals surface area contributed by atoms with Crippen LogP contribution in [0, 0.1) is 0 Å². The Morgan fingerprint density at radius 1 is 0.929 bits per heavy atom. The van der Waals surface area contributed by atoms with Crippen LogP contribution < -0.4 is 16.2 Å². The number of halogens is 1. The number of benzene rings is 3. The van der Waals surface area contributed by atoms with Gasteiger partial charge in [-0.2, -0.15) is 0 Å².